The van der Waals surface area contributed by atoms with E-state index in [-0.39, 0.29) is 16.7 Å². The van der Waals surface area contributed by atoms with Gasteiger partial charge in [0.25, 0.3) is 5.69 Å². The smallest absolute Gasteiger partial charge is 0.269 e. The topological polar surface area (TPSA) is 71.3 Å². The Hall–Kier alpha value is -2.47. The van der Waals surface area contributed by atoms with Crippen molar-refractivity contribution in [2.24, 2.45) is 0 Å². The van der Waals surface area contributed by atoms with E-state index in [2.05, 4.69) is 16.4 Å². The lowest BCUT2D eigenvalue weighted by Crippen LogP contribution is -2.26. The third-order valence-corrected chi connectivity index (χ3v) is 4.48. The molecule has 1 heterocycles. The fraction of sp³-hybridized carbons (Fsp3) is 0.389. The zero-order valence-corrected chi connectivity index (χ0v) is 14.0. The second kappa shape index (κ2) is 6.97. The number of rotatable bonds is 5. The monoisotopic (exact) mass is 326 g/mol. The minimum absolute atomic E-state index is 0.142. The lowest BCUT2D eigenvalue weighted by atomic mass is 9.87. The summed E-state index contributed by atoms with van der Waals surface area (Å²) in [5, 5.41) is 14.6. The maximum Gasteiger partial charge on any atom is 0.269 e. The van der Waals surface area contributed by atoms with Gasteiger partial charge in [-0.05, 0) is 36.5 Å². The number of benzene rings is 1. The Labute approximate surface area is 141 Å². The Bertz CT molecular complexity index is 746. The highest BCUT2D eigenvalue weighted by Gasteiger charge is 2.22. The summed E-state index contributed by atoms with van der Waals surface area (Å²) >= 11 is 0. The Kier molecular flexibility index (Phi) is 4.76. The van der Waals surface area contributed by atoms with Crippen LogP contribution in [0.25, 0.3) is 0 Å². The van der Waals surface area contributed by atoms with Crippen LogP contribution in [0.3, 0.4) is 0 Å². The van der Waals surface area contributed by atoms with Gasteiger partial charge in [-0.2, -0.15) is 0 Å². The van der Waals surface area contributed by atoms with Crippen LogP contribution in [-0.2, 0) is 13.0 Å². The molecule has 2 aromatic rings. The highest BCUT2D eigenvalue weighted by Crippen LogP contribution is 2.32. The van der Waals surface area contributed by atoms with Crippen LogP contribution in [0.1, 0.15) is 35.6 Å². The molecule has 0 unspecified atom stereocenters. The first-order valence-corrected chi connectivity index (χ1v) is 8.18. The molecule has 0 amide bonds. The minimum atomic E-state index is -0.322. The largest absolute Gasteiger partial charge is 0.362 e. The number of pyridine rings is 1. The molecule has 0 aliphatic heterocycles. The standard InChI is InChI=1S/C18H22N4O2/c1-21(2)18-14(6-4-10-19-18)12-20-17-7-3-5-13-8-9-15(22(23)24)11-16(13)17/h4,6,8-11,17,20H,3,5,7,12H2,1-2H3/t17-/m1/s1. The van der Waals surface area contributed by atoms with Gasteiger partial charge < -0.3 is 10.2 Å². The van der Waals surface area contributed by atoms with Crippen LogP contribution in [0.4, 0.5) is 11.5 Å². The third-order valence-electron chi connectivity index (χ3n) is 4.48. The highest BCUT2D eigenvalue weighted by atomic mass is 16.6. The fourth-order valence-corrected chi connectivity index (χ4v) is 3.32. The Morgan fingerprint density at radius 2 is 2.21 bits per heavy atom. The molecule has 6 heteroatoms. The van der Waals surface area contributed by atoms with Crippen LogP contribution >= 0.6 is 0 Å². The predicted octanol–water partition coefficient (Wildman–Crippen LogP) is 3.22. The van der Waals surface area contributed by atoms with Crippen molar-refractivity contribution < 1.29 is 4.92 Å². The van der Waals surface area contributed by atoms with E-state index in [1.54, 1.807) is 18.3 Å². The zero-order chi connectivity index (χ0) is 17.1. The van der Waals surface area contributed by atoms with Gasteiger partial charge >= 0.3 is 0 Å². The molecule has 0 spiro atoms. The molecule has 0 radical (unpaired) electrons. The van der Waals surface area contributed by atoms with E-state index >= 15 is 0 Å². The van der Waals surface area contributed by atoms with E-state index < -0.39 is 0 Å². The number of nitrogens with zero attached hydrogens (tertiary/aromatic N) is 3. The summed E-state index contributed by atoms with van der Waals surface area (Å²) in [5.41, 5.74) is 3.56. The summed E-state index contributed by atoms with van der Waals surface area (Å²) in [5.74, 6) is 0.945. The number of nitro benzene ring substituents is 1. The molecular weight excluding hydrogens is 304 g/mol. The van der Waals surface area contributed by atoms with E-state index in [4.69, 9.17) is 0 Å². The summed E-state index contributed by atoms with van der Waals surface area (Å²) in [7, 11) is 3.95. The number of nitro groups is 1. The molecule has 1 aliphatic carbocycles. The number of aryl methyl sites for hydroxylation is 1. The fourth-order valence-electron chi connectivity index (χ4n) is 3.32. The number of hydrogen-bond acceptors (Lipinski definition) is 5. The molecule has 1 N–H and O–H groups in total. The normalized spacial score (nSPS) is 16.5. The lowest BCUT2D eigenvalue weighted by molar-refractivity contribution is -0.385. The maximum atomic E-state index is 11.1. The number of aromatic nitrogens is 1. The number of hydrogen-bond donors (Lipinski definition) is 1. The molecule has 126 valence electrons. The quantitative estimate of drug-likeness (QED) is 0.675. The predicted molar refractivity (Wildman–Crippen MR) is 94.2 cm³/mol. The molecule has 0 bridgehead atoms. The van der Waals surface area contributed by atoms with E-state index in [0.717, 1.165) is 36.2 Å². The average molecular weight is 326 g/mol. The van der Waals surface area contributed by atoms with E-state index in [9.17, 15) is 10.1 Å². The van der Waals surface area contributed by atoms with Crippen molar-refractivity contribution in [2.75, 3.05) is 19.0 Å². The second-order valence-electron chi connectivity index (χ2n) is 6.35. The molecule has 1 aromatic carbocycles. The molecule has 0 fully saturated rings. The third kappa shape index (κ3) is 3.38. The van der Waals surface area contributed by atoms with Gasteiger partial charge in [0.15, 0.2) is 0 Å². The number of anilines is 1. The van der Waals surface area contributed by atoms with Gasteiger partial charge in [0.05, 0.1) is 4.92 Å². The summed E-state index contributed by atoms with van der Waals surface area (Å²) in [4.78, 5) is 17.2. The van der Waals surface area contributed by atoms with Gasteiger partial charge in [-0.1, -0.05) is 12.1 Å². The average Bonchev–Trinajstić information content (AvgIpc) is 2.59. The summed E-state index contributed by atoms with van der Waals surface area (Å²) in [6.07, 6.45) is 4.86. The van der Waals surface area contributed by atoms with Crippen molar-refractivity contribution >= 4 is 11.5 Å². The Balaban J connectivity index is 1.81. The van der Waals surface area contributed by atoms with Crippen LogP contribution in [0, 0.1) is 10.1 Å². The van der Waals surface area contributed by atoms with Crippen molar-refractivity contribution in [1.29, 1.82) is 0 Å². The molecule has 1 atom stereocenters. The van der Waals surface area contributed by atoms with Crippen molar-refractivity contribution in [3.8, 4) is 0 Å². The summed E-state index contributed by atoms with van der Waals surface area (Å²) in [6, 6.07) is 9.37. The molecule has 3 rings (SSSR count). The first-order chi connectivity index (χ1) is 11.6. The van der Waals surface area contributed by atoms with Gasteiger partial charge in [0.2, 0.25) is 0 Å². The van der Waals surface area contributed by atoms with E-state index in [1.807, 2.05) is 31.1 Å². The van der Waals surface area contributed by atoms with Gasteiger partial charge in [-0.15, -0.1) is 0 Å². The van der Waals surface area contributed by atoms with Crippen LogP contribution in [0.2, 0.25) is 0 Å². The molecule has 0 saturated heterocycles. The van der Waals surface area contributed by atoms with Crippen molar-refractivity contribution in [3.05, 3.63) is 63.3 Å². The SMILES string of the molecule is CN(C)c1ncccc1CN[C@@H]1CCCc2ccc([N+](=O)[O-])cc21. The summed E-state index contributed by atoms with van der Waals surface area (Å²) < 4.78 is 0. The van der Waals surface area contributed by atoms with Crippen LogP contribution in [0.5, 0.6) is 0 Å². The van der Waals surface area contributed by atoms with Crippen LogP contribution in [0.15, 0.2) is 36.5 Å². The van der Waals surface area contributed by atoms with Gasteiger partial charge in [0.1, 0.15) is 5.82 Å². The molecule has 1 aliphatic rings. The van der Waals surface area contributed by atoms with Gasteiger partial charge in [-0.3, -0.25) is 10.1 Å². The van der Waals surface area contributed by atoms with Gasteiger partial charge in [0, 0.05) is 50.6 Å². The Morgan fingerprint density at radius 3 is 2.96 bits per heavy atom. The first-order valence-electron chi connectivity index (χ1n) is 8.18. The maximum absolute atomic E-state index is 11.1. The first kappa shape index (κ1) is 16.4. The molecule has 6 nitrogen and oxygen atoms in total. The van der Waals surface area contributed by atoms with Crippen molar-refractivity contribution in [2.45, 2.75) is 31.8 Å². The molecule has 24 heavy (non-hydrogen) atoms. The van der Waals surface area contributed by atoms with E-state index in [1.165, 1.54) is 5.56 Å². The number of nitrogens with one attached hydrogen (secondary N) is 1. The van der Waals surface area contributed by atoms with Crippen LogP contribution in [-0.4, -0.2) is 24.0 Å². The van der Waals surface area contributed by atoms with Crippen molar-refractivity contribution in [3.63, 3.8) is 0 Å². The second-order valence-corrected chi connectivity index (χ2v) is 6.35. The number of non-ortho nitro benzene ring substituents is 1. The van der Waals surface area contributed by atoms with E-state index in [0.29, 0.717) is 6.54 Å². The Morgan fingerprint density at radius 1 is 1.38 bits per heavy atom. The van der Waals surface area contributed by atoms with Crippen LogP contribution < -0.4 is 10.2 Å². The lowest BCUT2D eigenvalue weighted by Gasteiger charge is -2.27. The molecule has 1 aromatic heterocycles. The zero-order valence-electron chi connectivity index (χ0n) is 14.0. The minimum Gasteiger partial charge on any atom is -0.362 e. The highest BCUT2D eigenvalue weighted by molar-refractivity contribution is 5.46. The summed E-state index contributed by atoms with van der Waals surface area (Å²) in [6.45, 7) is 0.689. The molecule has 0 saturated carbocycles. The molecular formula is C18H22N4O2. The number of fused-ring (bicyclic) bond motifs is 1. The van der Waals surface area contributed by atoms with Crippen molar-refractivity contribution in [1.82, 2.24) is 10.3 Å². The van der Waals surface area contributed by atoms with Gasteiger partial charge in [-0.25, -0.2) is 4.98 Å².